The highest BCUT2D eigenvalue weighted by atomic mass is 127. The summed E-state index contributed by atoms with van der Waals surface area (Å²) in [5.74, 6) is 1.57. The summed E-state index contributed by atoms with van der Waals surface area (Å²) in [6, 6.07) is 15.3. The van der Waals surface area contributed by atoms with E-state index in [1.54, 1.807) is 7.11 Å². The van der Waals surface area contributed by atoms with Gasteiger partial charge in [-0.15, -0.1) is 0 Å². The Hall–Kier alpha value is -1.47. The molecule has 2 rings (SSSR count). The third kappa shape index (κ3) is 5.43. The fourth-order valence-electron chi connectivity index (χ4n) is 1.73. The molecule has 4 nitrogen and oxygen atoms in total. The molecule has 0 aliphatic carbocycles. The van der Waals surface area contributed by atoms with Crippen LogP contribution in [0.5, 0.6) is 11.5 Å². The summed E-state index contributed by atoms with van der Waals surface area (Å²) in [5.41, 5.74) is 0.934. The van der Waals surface area contributed by atoms with Crippen molar-refractivity contribution < 1.29 is 14.6 Å². The van der Waals surface area contributed by atoms with Gasteiger partial charge in [-0.3, -0.25) is 0 Å². The lowest BCUT2D eigenvalue weighted by atomic mass is 10.3. The highest BCUT2D eigenvalue weighted by molar-refractivity contribution is 14.1. The molecule has 0 amide bonds. The van der Waals surface area contributed by atoms with Crippen LogP contribution in [0.25, 0.3) is 0 Å². The molecule has 2 aromatic carbocycles. The minimum atomic E-state index is -0.577. The van der Waals surface area contributed by atoms with Crippen LogP contribution in [0.2, 0.25) is 0 Å². The van der Waals surface area contributed by atoms with Gasteiger partial charge in [0.15, 0.2) is 0 Å². The fourth-order valence-corrected chi connectivity index (χ4v) is 2.09. The van der Waals surface area contributed by atoms with Crippen molar-refractivity contribution in [3.63, 3.8) is 0 Å². The van der Waals surface area contributed by atoms with Gasteiger partial charge in [0.25, 0.3) is 0 Å². The zero-order valence-corrected chi connectivity index (χ0v) is 13.9. The van der Waals surface area contributed by atoms with E-state index in [1.165, 1.54) is 0 Å². The van der Waals surface area contributed by atoms with Crippen LogP contribution < -0.4 is 14.8 Å². The zero-order valence-electron chi connectivity index (χ0n) is 11.8. The quantitative estimate of drug-likeness (QED) is 0.703. The summed E-state index contributed by atoms with van der Waals surface area (Å²) >= 11 is 2.24. The number of anilines is 1. The van der Waals surface area contributed by atoms with E-state index in [4.69, 9.17) is 9.47 Å². The number of hydrogen-bond acceptors (Lipinski definition) is 4. The summed E-state index contributed by atoms with van der Waals surface area (Å²) < 4.78 is 11.8. The minimum Gasteiger partial charge on any atom is -0.497 e. The van der Waals surface area contributed by atoms with Crippen molar-refractivity contribution >= 4 is 28.3 Å². The number of halogens is 1. The summed E-state index contributed by atoms with van der Waals surface area (Å²) in [6.07, 6.45) is -0.577. The molecule has 0 saturated heterocycles. The van der Waals surface area contributed by atoms with E-state index in [0.717, 1.165) is 20.8 Å². The van der Waals surface area contributed by atoms with E-state index in [2.05, 4.69) is 27.9 Å². The van der Waals surface area contributed by atoms with Crippen molar-refractivity contribution in [1.29, 1.82) is 0 Å². The first-order chi connectivity index (χ1) is 10.2. The Morgan fingerprint density at radius 3 is 2.29 bits per heavy atom. The van der Waals surface area contributed by atoms with E-state index in [1.807, 2.05) is 48.5 Å². The van der Waals surface area contributed by atoms with Gasteiger partial charge >= 0.3 is 0 Å². The van der Waals surface area contributed by atoms with Crippen LogP contribution in [0, 0.1) is 3.57 Å². The van der Waals surface area contributed by atoms with Gasteiger partial charge in [-0.05, 0) is 71.1 Å². The van der Waals surface area contributed by atoms with Crippen molar-refractivity contribution in [3.8, 4) is 11.5 Å². The predicted octanol–water partition coefficient (Wildman–Crippen LogP) is 3.15. The van der Waals surface area contributed by atoms with Gasteiger partial charge in [-0.25, -0.2) is 0 Å². The van der Waals surface area contributed by atoms with Crippen LogP contribution in [-0.4, -0.2) is 31.5 Å². The monoisotopic (exact) mass is 399 g/mol. The second-order valence-electron chi connectivity index (χ2n) is 4.53. The Balaban J connectivity index is 1.73. The van der Waals surface area contributed by atoms with Crippen molar-refractivity contribution in [2.75, 3.05) is 25.6 Å². The topological polar surface area (TPSA) is 50.7 Å². The molecular formula is C16H18INO3. The molecule has 0 heterocycles. The summed E-state index contributed by atoms with van der Waals surface area (Å²) in [5, 5.41) is 13.1. The lowest BCUT2D eigenvalue weighted by Crippen LogP contribution is -2.26. The molecule has 1 unspecified atom stereocenters. The average Bonchev–Trinajstić information content (AvgIpc) is 2.53. The first-order valence-electron chi connectivity index (χ1n) is 6.62. The SMILES string of the molecule is COc1ccc(NCC(O)COc2ccc(I)cc2)cc1. The van der Waals surface area contributed by atoms with Gasteiger partial charge in [0.1, 0.15) is 24.2 Å². The summed E-state index contributed by atoms with van der Waals surface area (Å²) in [7, 11) is 1.63. The third-order valence-corrected chi connectivity index (χ3v) is 3.61. The maximum Gasteiger partial charge on any atom is 0.119 e. The van der Waals surface area contributed by atoms with Crippen LogP contribution >= 0.6 is 22.6 Å². The first-order valence-corrected chi connectivity index (χ1v) is 7.69. The highest BCUT2D eigenvalue weighted by Crippen LogP contribution is 2.15. The molecule has 21 heavy (non-hydrogen) atoms. The number of nitrogens with one attached hydrogen (secondary N) is 1. The molecule has 0 aliphatic rings. The third-order valence-electron chi connectivity index (χ3n) is 2.89. The van der Waals surface area contributed by atoms with Gasteiger partial charge in [-0.2, -0.15) is 0 Å². The Bertz CT molecular complexity index is 542. The van der Waals surface area contributed by atoms with Crippen molar-refractivity contribution in [3.05, 3.63) is 52.1 Å². The molecule has 2 aromatic rings. The molecule has 0 aliphatic heterocycles. The number of rotatable bonds is 7. The lowest BCUT2D eigenvalue weighted by Gasteiger charge is -2.14. The maximum atomic E-state index is 9.91. The van der Waals surface area contributed by atoms with E-state index in [0.29, 0.717) is 6.54 Å². The Kier molecular flexibility index (Phi) is 6.13. The molecular weight excluding hydrogens is 381 g/mol. The Morgan fingerprint density at radius 2 is 1.67 bits per heavy atom. The largest absolute Gasteiger partial charge is 0.497 e. The standard InChI is InChI=1S/C16H18INO3/c1-20-15-8-4-13(5-9-15)18-10-14(19)11-21-16-6-2-12(17)3-7-16/h2-9,14,18-19H,10-11H2,1H3. The highest BCUT2D eigenvalue weighted by Gasteiger charge is 2.05. The van der Waals surface area contributed by atoms with Crippen LogP contribution in [0.15, 0.2) is 48.5 Å². The Labute approximate surface area is 138 Å². The summed E-state index contributed by atoms with van der Waals surface area (Å²) in [4.78, 5) is 0. The van der Waals surface area contributed by atoms with Gasteiger partial charge in [0.05, 0.1) is 7.11 Å². The zero-order chi connectivity index (χ0) is 15.1. The van der Waals surface area contributed by atoms with Gasteiger partial charge < -0.3 is 19.9 Å². The predicted molar refractivity (Wildman–Crippen MR) is 92.1 cm³/mol. The van der Waals surface area contributed by atoms with E-state index in [9.17, 15) is 5.11 Å². The molecule has 0 fully saturated rings. The second kappa shape index (κ2) is 8.09. The first kappa shape index (κ1) is 15.9. The van der Waals surface area contributed by atoms with Crippen LogP contribution in [0.3, 0.4) is 0 Å². The molecule has 0 radical (unpaired) electrons. The minimum absolute atomic E-state index is 0.254. The molecule has 0 spiro atoms. The number of hydrogen-bond donors (Lipinski definition) is 2. The van der Waals surface area contributed by atoms with Crippen LogP contribution in [0.1, 0.15) is 0 Å². The van der Waals surface area contributed by atoms with Crippen molar-refractivity contribution in [2.45, 2.75) is 6.10 Å². The lowest BCUT2D eigenvalue weighted by molar-refractivity contribution is 0.117. The maximum absolute atomic E-state index is 9.91. The van der Waals surface area contributed by atoms with Gasteiger partial charge in [0.2, 0.25) is 0 Å². The number of ether oxygens (including phenoxy) is 2. The molecule has 1 atom stereocenters. The smallest absolute Gasteiger partial charge is 0.119 e. The molecule has 0 aromatic heterocycles. The molecule has 0 bridgehead atoms. The molecule has 5 heteroatoms. The second-order valence-corrected chi connectivity index (χ2v) is 5.77. The van der Waals surface area contributed by atoms with Crippen LogP contribution in [-0.2, 0) is 0 Å². The van der Waals surface area contributed by atoms with Crippen molar-refractivity contribution in [2.24, 2.45) is 0 Å². The fraction of sp³-hybridized carbons (Fsp3) is 0.250. The summed E-state index contributed by atoms with van der Waals surface area (Å²) in [6.45, 7) is 0.681. The Morgan fingerprint density at radius 1 is 1.05 bits per heavy atom. The van der Waals surface area contributed by atoms with Gasteiger partial charge in [0, 0.05) is 15.8 Å². The molecule has 112 valence electrons. The molecule has 0 saturated carbocycles. The average molecular weight is 399 g/mol. The van der Waals surface area contributed by atoms with E-state index in [-0.39, 0.29) is 6.61 Å². The number of aliphatic hydroxyl groups excluding tert-OH is 1. The normalized spacial score (nSPS) is 11.8. The number of methoxy groups -OCH3 is 1. The van der Waals surface area contributed by atoms with Crippen molar-refractivity contribution in [1.82, 2.24) is 0 Å². The number of benzene rings is 2. The van der Waals surface area contributed by atoms with E-state index >= 15 is 0 Å². The van der Waals surface area contributed by atoms with E-state index < -0.39 is 6.10 Å². The van der Waals surface area contributed by atoms with Crippen LogP contribution in [0.4, 0.5) is 5.69 Å². The van der Waals surface area contributed by atoms with Gasteiger partial charge in [-0.1, -0.05) is 0 Å². The molecule has 2 N–H and O–H groups in total. The number of aliphatic hydroxyl groups is 1.